The van der Waals surface area contributed by atoms with Gasteiger partial charge in [-0.2, -0.15) is 0 Å². The zero-order valence-electron chi connectivity index (χ0n) is 12.7. The number of halogens is 1. The van der Waals surface area contributed by atoms with Crippen LogP contribution in [0.25, 0.3) is 0 Å². The molecule has 0 saturated heterocycles. The second-order valence-corrected chi connectivity index (χ2v) is 4.67. The maximum atomic E-state index is 5.71. The van der Waals surface area contributed by atoms with Gasteiger partial charge in [-0.15, -0.1) is 18.2 Å². The molecule has 0 aliphatic heterocycles. The largest absolute Gasteiger partial charge is 0.304 e. The molecule has 0 unspecified atom stereocenters. The molecule has 0 spiro atoms. The van der Waals surface area contributed by atoms with Gasteiger partial charge < -0.3 is 4.90 Å². The first-order chi connectivity index (χ1) is 9.21. The average Bonchev–Trinajstić information content (AvgIpc) is 2.48. The Hall–Kier alpha value is -0.790. The van der Waals surface area contributed by atoms with Crippen LogP contribution in [0.4, 0.5) is 0 Å². The van der Waals surface area contributed by atoms with Gasteiger partial charge in [-0.05, 0) is 43.6 Å². The number of allylic oxidation sites excluding steroid dienone is 1. The van der Waals surface area contributed by atoms with E-state index in [-0.39, 0.29) is 0 Å². The van der Waals surface area contributed by atoms with Crippen molar-refractivity contribution in [2.45, 2.75) is 39.5 Å². The fourth-order valence-corrected chi connectivity index (χ4v) is 1.97. The van der Waals surface area contributed by atoms with Crippen LogP contribution in [0, 0.1) is 0 Å². The molecule has 0 aliphatic carbocycles. The smallest absolute Gasteiger partial charge is 0.0474 e. The summed E-state index contributed by atoms with van der Waals surface area (Å²) in [5.41, 5.74) is 2.53. The molecule has 0 amide bonds. The molecule has 1 aromatic carbocycles. The van der Waals surface area contributed by atoms with E-state index in [0.29, 0.717) is 5.88 Å². The second-order valence-electron chi connectivity index (χ2n) is 4.40. The number of alkyl halides is 1. The summed E-state index contributed by atoms with van der Waals surface area (Å²) in [6.45, 7) is 13.8. The van der Waals surface area contributed by atoms with Crippen molar-refractivity contribution < 1.29 is 0 Å². The highest BCUT2D eigenvalue weighted by atomic mass is 35.5. The number of aryl methyl sites for hydroxylation is 1. The Morgan fingerprint density at radius 3 is 2.11 bits per heavy atom. The fourth-order valence-electron chi connectivity index (χ4n) is 1.81. The van der Waals surface area contributed by atoms with E-state index in [1.54, 1.807) is 0 Å². The number of benzene rings is 1. The third-order valence-electron chi connectivity index (χ3n) is 3.12. The molecule has 1 rings (SSSR count). The summed E-state index contributed by atoms with van der Waals surface area (Å²) in [4.78, 5) is 2.38. The predicted molar refractivity (Wildman–Crippen MR) is 88.0 cm³/mol. The third kappa shape index (κ3) is 8.85. The van der Waals surface area contributed by atoms with Crippen LogP contribution in [-0.2, 0) is 12.3 Å². The molecule has 108 valence electrons. The van der Waals surface area contributed by atoms with Crippen LogP contribution in [0.1, 0.15) is 38.3 Å². The summed E-state index contributed by atoms with van der Waals surface area (Å²) in [6, 6.07) is 8.37. The van der Waals surface area contributed by atoms with Crippen LogP contribution >= 0.6 is 11.6 Å². The van der Waals surface area contributed by atoms with Crippen molar-refractivity contribution in [2.75, 3.05) is 19.6 Å². The van der Waals surface area contributed by atoms with Crippen molar-refractivity contribution in [3.63, 3.8) is 0 Å². The molecule has 0 fully saturated rings. The van der Waals surface area contributed by atoms with Crippen molar-refractivity contribution in [3.8, 4) is 0 Å². The number of rotatable bonds is 7. The maximum Gasteiger partial charge on any atom is 0.0474 e. The van der Waals surface area contributed by atoms with Gasteiger partial charge in [-0.3, -0.25) is 0 Å². The van der Waals surface area contributed by atoms with E-state index in [0.717, 1.165) is 12.8 Å². The molecule has 0 heterocycles. The Labute approximate surface area is 124 Å². The van der Waals surface area contributed by atoms with Crippen LogP contribution in [0.5, 0.6) is 0 Å². The highest BCUT2D eigenvalue weighted by molar-refractivity contribution is 6.17. The lowest BCUT2D eigenvalue weighted by molar-refractivity contribution is 0.321. The minimum Gasteiger partial charge on any atom is -0.304 e. The van der Waals surface area contributed by atoms with Crippen molar-refractivity contribution in [1.82, 2.24) is 4.90 Å². The Kier molecular flexibility index (Phi) is 11.7. The van der Waals surface area contributed by atoms with Gasteiger partial charge in [0.15, 0.2) is 0 Å². The molecule has 1 aromatic rings. The zero-order valence-corrected chi connectivity index (χ0v) is 13.4. The third-order valence-corrected chi connectivity index (χ3v) is 3.43. The summed E-state index contributed by atoms with van der Waals surface area (Å²) < 4.78 is 0. The van der Waals surface area contributed by atoms with Crippen LogP contribution in [0.3, 0.4) is 0 Å². The van der Waals surface area contributed by atoms with Gasteiger partial charge in [0.05, 0.1) is 0 Å². The normalized spacial score (nSPS) is 9.95. The Balaban J connectivity index is 0.000000399. The molecule has 0 saturated carbocycles. The summed E-state index contributed by atoms with van der Waals surface area (Å²) in [6.07, 6.45) is 4.04. The first-order valence-corrected chi connectivity index (χ1v) is 7.72. The van der Waals surface area contributed by atoms with Gasteiger partial charge in [-0.25, -0.2) is 0 Å². The first kappa shape index (κ1) is 18.2. The van der Waals surface area contributed by atoms with E-state index < -0.39 is 0 Å². The minimum atomic E-state index is 0.599. The summed E-state index contributed by atoms with van der Waals surface area (Å²) in [5, 5.41) is 0. The zero-order chi connectivity index (χ0) is 14.5. The quantitative estimate of drug-likeness (QED) is 0.508. The topological polar surface area (TPSA) is 3.24 Å². The Morgan fingerprint density at radius 2 is 1.68 bits per heavy atom. The molecule has 0 N–H and O–H groups in total. The van der Waals surface area contributed by atoms with Crippen LogP contribution in [0.2, 0.25) is 0 Å². The first-order valence-electron chi connectivity index (χ1n) is 7.18. The molecular formula is C17H28ClN. The van der Waals surface area contributed by atoms with Crippen molar-refractivity contribution in [1.29, 1.82) is 0 Å². The molecule has 2 heteroatoms. The lowest BCUT2D eigenvalue weighted by Crippen LogP contribution is -2.21. The average molecular weight is 282 g/mol. The van der Waals surface area contributed by atoms with Crippen molar-refractivity contribution in [2.24, 2.45) is 0 Å². The number of hydrogen-bond donors (Lipinski definition) is 0. The molecular weight excluding hydrogens is 254 g/mol. The van der Waals surface area contributed by atoms with E-state index in [4.69, 9.17) is 11.6 Å². The lowest BCUT2D eigenvalue weighted by Gasteiger charge is -2.13. The van der Waals surface area contributed by atoms with Crippen LogP contribution < -0.4 is 0 Å². The van der Waals surface area contributed by atoms with Crippen molar-refractivity contribution >= 4 is 11.6 Å². The fraction of sp³-hybridized carbons (Fsp3) is 0.529. The van der Waals surface area contributed by atoms with E-state index in [1.165, 1.54) is 30.8 Å². The predicted octanol–water partition coefficient (Wildman–Crippen LogP) is 4.89. The number of hydrogen-bond acceptors (Lipinski definition) is 1. The van der Waals surface area contributed by atoms with Gasteiger partial charge in [0.25, 0.3) is 0 Å². The van der Waals surface area contributed by atoms with Gasteiger partial charge in [0.2, 0.25) is 0 Å². The van der Waals surface area contributed by atoms with Gasteiger partial charge in [0.1, 0.15) is 0 Å². The van der Waals surface area contributed by atoms with Gasteiger partial charge in [0, 0.05) is 5.88 Å². The highest BCUT2D eigenvalue weighted by Crippen LogP contribution is 2.09. The Bertz CT molecular complexity index is 326. The standard InChI is InChI=1S/C11H13Cl.C6H15N/c1-2-3-5-10-6-4-7-11(8-10)9-12;1-4-7(5-2)6-3/h2,4,6-8H,1,3,5,9H2;4-6H2,1-3H3. The van der Waals surface area contributed by atoms with Gasteiger partial charge in [-0.1, -0.05) is 51.1 Å². The monoisotopic (exact) mass is 281 g/mol. The van der Waals surface area contributed by atoms with Gasteiger partial charge >= 0.3 is 0 Å². The van der Waals surface area contributed by atoms with E-state index >= 15 is 0 Å². The van der Waals surface area contributed by atoms with E-state index in [9.17, 15) is 0 Å². The molecule has 1 nitrogen and oxygen atoms in total. The lowest BCUT2D eigenvalue weighted by atomic mass is 10.1. The highest BCUT2D eigenvalue weighted by Gasteiger charge is 1.93. The van der Waals surface area contributed by atoms with E-state index in [1.807, 2.05) is 12.1 Å². The molecule has 0 bridgehead atoms. The summed E-state index contributed by atoms with van der Waals surface area (Å²) in [5.74, 6) is 0.599. The summed E-state index contributed by atoms with van der Waals surface area (Å²) >= 11 is 5.71. The summed E-state index contributed by atoms with van der Waals surface area (Å²) in [7, 11) is 0. The number of nitrogens with zero attached hydrogens (tertiary/aromatic N) is 1. The maximum absolute atomic E-state index is 5.71. The molecule has 0 aliphatic rings. The molecule has 19 heavy (non-hydrogen) atoms. The van der Waals surface area contributed by atoms with Crippen LogP contribution in [-0.4, -0.2) is 24.5 Å². The Morgan fingerprint density at radius 1 is 1.11 bits per heavy atom. The SMILES string of the molecule is C=CCCc1cccc(CCl)c1.CCN(CC)CC. The molecule has 0 radical (unpaired) electrons. The second kappa shape index (κ2) is 12.3. The van der Waals surface area contributed by atoms with E-state index in [2.05, 4.69) is 50.4 Å². The van der Waals surface area contributed by atoms with Crippen LogP contribution in [0.15, 0.2) is 36.9 Å². The minimum absolute atomic E-state index is 0.599. The van der Waals surface area contributed by atoms with Crippen molar-refractivity contribution in [3.05, 3.63) is 48.0 Å². The molecule has 0 atom stereocenters. The molecule has 0 aromatic heterocycles.